The first-order chi connectivity index (χ1) is 7.45. The zero-order chi connectivity index (χ0) is 12.2. The van der Waals surface area contributed by atoms with Crippen LogP contribution in [-0.2, 0) is 5.41 Å². The van der Waals surface area contributed by atoms with Crippen LogP contribution in [0.5, 0.6) is 0 Å². The van der Waals surface area contributed by atoms with Crippen LogP contribution in [0.15, 0.2) is 12.4 Å². The van der Waals surface area contributed by atoms with Crippen molar-refractivity contribution >= 4 is 29.1 Å². The first-order valence-electron chi connectivity index (χ1n) is 4.94. The highest BCUT2D eigenvalue weighted by Crippen LogP contribution is 2.20. The van der Waals surface area contributed by atoms with Gasteiger partial charge in [-0.2, -0.15) is 0 Å². The predicted octanol–water partition coefficient (Wildman–Crippen LogP) is 2.89. The quantitative estimate of drug-likeness (QED) is 0.615. The summed E-state index contributed by atoms with van der Waals surface area (Å²) in [5.74, 6) is 0.364. The molecular formula is C11H15ClN2OS. The summed E-state index contributed by atoms with van der Waals surface area (Å²) in [5, 5.41) is 0.420. The van der Waals surface area contributed by atoms with E-state index < -0.39 is 0 Å². The van der Waals surface area contributed by atoms with Crippen molar-refractivity contribution in [2.45, 2.75) is 26.2 Å². The molecular weight excluding hydrogens is 244 g/mol. The van der Waals surface area contributed by atoms with Crippen molar-refractivity contribution in [2.24, 2.45) is 0 Å². The molecule has 0 fully saturated rings. The van der Waals surface area contributed by atoms with Crippen LogP contribution in [0.4, 0.5) is 0 Å². The SMILES string of the molecule is CC(C)(C)c1cc(C(=O)CSCCl)ncn1. The fourth-order valence-corrected chi connectivity index (χ4v) is 1.77. The molecule has 1 aromatic heterocycles. The summed E-state index contributed by atoms with van der Waals surface area (Å²) in [6.45, 7) is 6.16. The van der Waals surface area contributed by atoms with Crippen molar-refractivity contribution < 1.29 is 4.79 Å². The number of ketones is 1. The van der Waals surface area contributed by atoms with Crippen LogP contribution >= 0.6 is 23.4 Å². The molecule has 0 bridgehead atoms. The van der Waals surface area contributed by atoms with Crippen LogP contribution in [0.1, 0.15) is 37.0 Å². The largest absolute Gasteiger partial charge is 0.292 e. The van der Waals surface area contributed by atoms with Crippen molar-refractivity contribution in [1.29, 1.82) is 0 Å². The molecule has 0 N–H and O–H groups in total. The van der Waals surface area contributed by atoms with E-state index in [0.29, 0.717) is 16.7 Å². The summed E-state index contributed by atoms with van der Waals surface area (Å²) in [7, 11) is 0. The van der Waals surface area contributed by atoms with Crippen LogP contribution in [0, 0.1) is 0 Å². The van der Waals surface area contributed by atoms with Gasteiger partial charge in [0.25, 0.3) is 0 Å². The van der Waals surface area contributed by atoms with E-state index in [0.717, 1.165) is 5.69 Å². The molecule has 1 rings (SSSR count). The van der Waals surface area contributed by atoms with Gasteiger partial charge in [-0.3, -0.25) is 4.79 Å². The van der Waals surface area contributed by atoms with Crippen LogP contribution < -0.4 is 0 Å². The molecule has 0 unspecified atom stereocenters. The number of Topliss-reactive ketones (excluding diaryl/α,β-unsaturated/α-hetero) is 1. The second-order valence-corrected chi connectivity index (χ2v) is 5.99. The van der Waals surface area contributed by atoms with Gasteiger partial charge in [0.2, 0.25) is 0 Å². The monoisotopic (exact) mass is 258 g/mol. The first kappa shape index (κ1) is 13.5. The highest BCUT2D eigenvalue weighted by molar-refractivity contribution is 8.01. The molecule has 3 nitrogen and oxygen atoms in total. The number of halogens is 1. The van der Waals surface area contributed by atoms with Gasteiger partial charge in [-0.05, 0) is 6.07 Å². The van der Waals surface area contributed by atoms with Crippen LogP contribution in [-0.4, -0.2) is 26.7 Å². The molecule has 0 saturated carbocycles. The van der Waals surface area contributed by atoms with E-state index in [4.69, 9.17) is 11.6 Å². The first-order valence-corrected chi connectivity index (χ1v) is 6.63. The number of aromatic nitrogens is 2. The maximum Gasteiger partial charge on any atom is 0.191 e. The van der Waals surface area contributed by atoms with E-state index in [1.807, 2.05) is 0 Å². The highest BCUT2D eigenvalue weighted by atomic mass is 35.5. The summed E-state index contributed by atoms with van der Waals surface area (Å²) in [6.07, 6.45) is 1.44. The third-order valence-electron chi connectivity index (χ3n) is 2.03. The third-order valence-corrected chi connectivity index (χ3v) is 3.12. The normalized spacial score (nSPS) is 11.5. The molecule has 0 saturated heterocycles. The van der Waals surface area contributed by atoms with E-state index in [1.54, 1.807) is 6.07 Å². The molecule has 0 spiro atoms. The molecule has 1 aromatic rings. The average molecular weight is 259 g/mol. The average Bonchev–Trinajstić information content (AvgIpc) is 2.25. The number of carbonyl (C=O) groups excluding carboxylic acids is 1. The summed E-state index contributed by atoms with van der Waals surface area (Å²) in [6, 6.07) is 1.76. The van der Waals surface area contributed by atoms with Crippen molar-refractivity contribution in [1.82, 2.24) is 9.97 Å². The summed E-state index contributed by atoms with van der Waals surface area (Å²) >= 11 is 6.89. The lowest BCUT2D eigenvalue weighted by Gasteiger charge is -2.17. The Morgan fingerprint density at radius 3 is 2.69 bits per heavy atom. The Morgan fingerprint density at radius 1 is 1.44 bits per heavy atom. The van der Waals surface area contributed by atoms with Crippen LogP contribution in [0.2, 0.25) is 0 Å². The summed E-state index contributed by atoms with van der Waals surface area (Å²) in [4.78, 5) is 19.9. The molecule has 5 heteroatoms. The second-order valence-electron chi connectivity index (χ2n) is 4.42. The van der Waals surface area contributed by atoms with E-state index in [9.17, 15) is 4.79 Å². The third kappa shape index (κ3) is 3.76. The number of hydrogen-bond donors (Lipinski definition) is 0. The Bertz CT molecular complexity index is 376. The lowest BCUT2D eigenvalue weighted by Crippen LogP contribution is -2.16. The molecule has 0 radical (unpaired) electrons. The molecule has 0 aliphatic rings. The fourth-order valence-electron chi connectivity index (χ4n) is 1.13. The Labute approximate surface area is 105 Å². The standard InChI is InChI=1S/C11H15ClN2OS/c1-11(2,3)10-4-8(13-7-14-10)9(15)5-16-6-12/h4,7H,5-6H2,1-3H3. The van der Waals surface area contributed by atoms with Crippen molar-refractivity contribution in [3.63, 3.8) is 0 Å². The van der Waals surface area contributed by atoms with Crippen LogP contribution in [0.3, 0.4) is 0 Å². The van der Waals surface area contributed by atoms with E-state index in [1.165, 1.54) is 18.1 Å². The van der Waals surface area contributed by atoms with Gasteiger partial charge in [0.05, 0.1) is 11.0 Å². The van der Waals surface area contributed by atoms with E-state index in [-0.39, 0.29) is 11.2 Å². The predicted molar refractivity (Wildman–Crippen MR) is 68.2 cm³/mol. The Kier molecular flexibility index (Phi) is 4.74. The van der Waals surface area contributed by atoms with E-state index >= 15 is 0 Å². The topological polar surface area (TPSA) is 42.9 Å². The number of alkyl halides is 1. The zero-order valence-corrected chi connectivity index (χ0v) is 11.2. The Balaban J connectivity index is 2.86. The van der Waals surface area contributed by atoms with Gasteiger partial charge in [0.15, 0.2) is 5.78 Å². The molecule has 0 amide bonds. The van der Waals surface area contributed by atoms with E-state index in [2.05, 4.69) is 30.7 Å². The molecule has 1 heterocycles. The van der Waals surface area contributed by atoms with Gasteiger partial charge in [-0.1, -0.05) is 20.8 Å². The Morgan fingerprint density at radius 2 is 2.12 bits per heavy atom. The van der Waals surface area contributed by atoms with Crippen LogP contribution in [0.25, 0.3) is 0 Å². The lowest BCUT2D eigenvalue weighted by atomic mass is 9.91. The maximum atomic E-state index is 11.7. The molecule has 0 aromatic carbocycles. The zero-order valence-electron chi connectivity index (χ0n) is 9.66. The maximum absolute atomic E-state index is 11.7. The number of nitrogens with zero attached hydrogens (tertiary/aromatic N) is 2. The number of hydrogen-bond acceptors (Lipinski definition) is 4. The minimum atomic E-state index is -0.0718. The highest BCUT2D eigenvalue weighted by Gasteiger charge is 2.17. The van der Waals surface area contributed by atoms with Gasteiger partial charge in [0.1, 0.15) is 12.0 Å². The molecule has 0 aliphatic carbocycles. The number of thioether (sulfide) groups is 1. The number of rotatable bonds is 4. The number of carbonyl (C=O) groups is 1. The minimum absolute atomic E-state index is 0.00134. The van der Waals surface area contributed by atoms with Gasteiger partial charge >= 0.3 is 0 Å². The van der Waals surface area contributed by atoms with Crippen molar-refractivity contribution in [3.8, 4) is 0 Å². The lowest BCUT2D eigenvalue weighted by molar-refractivity contribution is 0.101. The van der Waals surface area contributed by atoms with Gasteiger partial charge in [0, 0.05) is 11.1 Å². The molecule has 0 aliphatic heterocycles. The molecule has 0 atom stereocenters. The van der Waals surface area contributed by atoms with Gasteiger partial charge in [-0.15, -0.1) is 23.4 Å². The molecule has 16 heavy (non-hydrogen) atoms. The van der Waals surface area contributed by atoms with Crippen molar-refractivity contribution in [3.05, 3.63) is 23.8 Å². The van der Waals surface area contributed by atoms with Gasteiger partial charge < -0.3 is 0 Å². The fraction of sp³-hybridized carbons (Fsp3) is 0.545. The molecule has 88 valence electrons. The Hall–Kier alpha value is -0.610. The van der Waals surface area contributed by atoms with Gasteiger partial charge in [-0.25, -0.2) is 9.97 Å². The van der Waals surface area contributed by atoms with Crippen molar-refractivity contribution in [2.75, 3.05) is 11.0 Å². The summed E-state index contributed by atoms with van der Waals surface area (Å²) in [5.41, 5.74) is 1.27. The smallest absolute Gasteiger partial charge is 0.191 e. The minimum Gasteiger partial charge on any atom is -0.292 e. The second kappa shape index (κ2) is 5.64. The summed E-state index contributed by atoms with van der Waals surface area (Å²) < 4.78 is 0.